The van der Waals surface area contributed by atoms with Crippen molar-refractivity contribution in [2.24, 2.45) is 0 Å². The molecule has 190 valence electrons. The zero-order valence-electron chi connectivity index (χ0n) is 21.0. The fourth-order valence-corrected chi connectivity index (χ4v) is 5.56. The van der Waals surface area contributed by atoms with Crippen LogP contribution < -0.4 is 4.74 Å². The summed E-state index contributed by atoms with van der Waals surface area (Å²) in [6.07, 6.45) is 3.62. The highest BCUT2D eigenvalue weighted by atomic mass is 32.1. The Morgan fingerprint density at radius 1 is 0.784 bits per heavy atom. The van der Waals surface area contributed by atoms with Gasteiger partial charge < -0.3 is 9.84 Å². The Balaban J connectivity index is 1.15. The molecule has 3 aromatic carbocycles. The summed E-state index contributed by atoms with van der Waals surface area (Å²) in [6, 6.07) is 31.8. The van der Waals surface area contributed by atoms with E-state index in [0.717, 1.165) is 37.5 Å². The molecule has 1 saturated heterocycles. The van der Waals surface area contributed by atoms with Crippen molar-refractivity contribution in [3.8, 4) is 5.75 Å². The summed E-state index contributed by atoms with van der Waals surface area (Å²) in [5.74, 6) is 0.798. The Morgan fingerprint density at radius 3 is 2.08 bits per heavy atom. The number of β-amino-alcohol motifs (C(OH)–C–C–N with tert-alkyl or cyclic N) is 1. The molecule has 0 radical (unpaired) electrons. The average Bonchev–Trinajstić information content (AvgIpc) is 3.47. The summed E-state index contributed by atoms with van der Waals surface area (Å²) >= 11 is 1.69. The van der Waals surface area contributed by atoms with Crippen LogP contribution in [0.2, 0.25) is 0 Å². The summed E-state index contributed by atoms with van der Waals surface area (Å²) < 4.78 is 6.05. The van der Waals surface area contributed by atoms with Gasteiger partial charge in [0.15, 0.2) is 0 Å². The monoisotopic (exact) mass is 510 g/mol. The minimum atomic E-state index is -0.542. The van der Waals surface area contributed by atoms with E-state index < -0.39 is 6.10 Å². The van der Waals surface area contributed by atoms with Crippen LogP contribution in [0.4, 0.5) is 0 Å². The van der Waals surface area contributed by atoms with E-state index in [4.69, 9.17) is 4.74 Å². The molecule has 1 unspecified atom stereocenters. The van der Waals surface area contributed by atoms with Crippen LogP contribution in [0.15, 0.2) is 102 Å². The van der Waals surface area contributed by atoms with Crippen LogP contribution in [0.1, 0.15) is 28.3 Å². The number of thiophene rings is 1. The van der Waals surface area contributed by atoms with Crippen molar-refractivity contribution in [2.75, 3.05) is 39.3 Å². The lowest BCUT2D eigenvalue weighted by Gasteiger charge is -2.40. The third-order valence-electron chi connectivity index (χ3n) is 6.82. The molecule has 0 bridgehead atoms. The van der Waals surface area contributed by atoms with Crippen LogP contribution in [0.5, 0.6) is 5.75 Å². The molecule has 5 heteroatoms. The summed E-state index contributed by atoms with van der Waals surface area (Å²) in [7, 11) is 0. The Bertz CT molecular complexity index is 1200. The first-order valence-corrected chi connectivity index (χ1v) is 13.9. The number of aliphatic hydroxyl groups is 1. The van der Waals surface area contributed by atoms with Gasteiger partial charge in [0.1, 0.15) is 18.5 Å². The molecule has 37 heavy (non-hydrogen) atoms. The quantitative estimate of drug-likeness (QED) is 0.281. The van der Waals surface area contributed by atoms with Gasteiger partial charge in [-0.2, -0.15) is 11.3 Å². The number of nitrogens with zero attached hydrogens (tertiary/aromatic N) is 2. The highest BCUT2D eigenvalue weighted by Gasteiger charge is 2.27. The van der Waals surface area contributed by atoms with Gasteiger partial charge in [0, 0.05) is 38.3 Å². The normalized spacial score (nSPS) is 15.8. The third-order valence-corrected chi connectivity index (χ3v) is 7.52. The van der Waals surface area contributed by atoms with Crippen molar-refractivity contribution < 1.29 is 9.84 Å². The topological polar surface area (TPSA) is 35.9 Å². The standard InChI is InChI=1S/C32H34N2O2S/c35-30(24-36-31-14-8-7-9-27(31)16-15-26-17-22-37-25-26)23-33-18-20-34(21-19-33)32(28-10-3-1-4-11-28)29-12-5-2-6-13-29/h1-17,22,25,30,32,35H,18-21,23-24H2. The van der Waals surface area contributed by atoms with E-state index in [-0.39, 0.29) is 12.6 Å². The smallest absolute Gasteiger partial charge is 0.126 e. The van der Waals surface area contributed by atoms with Gasteiger partial charge in [0.25, 0.3) is 0 Å². The molecule has 1 atom stereocenters. The van der Waals surface area contributed by atoms with E-state index in [2.05, 4.69) is 99.4 Å². The second kappa shape index (κ2) is 12.8. The SMILES string of the molecule is OC(COc1ccccc1C=Cc1ccsc1)CN1CCN(C(c2ccccc2)c2ccccc2)CC1. The fourth-order valence-electron chi connectivity index (χ4n) is 4.93. The number of benzene rings is 3. The summed E-state index contributed by atoms with van der Waals surface area (Å²) in [4.78, 5) is 4.90. The maximum absolute atomic E-state index is 10.8. The Morgan fingerprint density at radius 2 is 1.43 bits per heavy atom. The van der Waals surface area contributed by atoms with E-state index in [1.165, 1.54) is 16.7 Å². The van der Waals surface area contributed by atoms with Crippen molar-refractivity contribution in [2.45, 2.75) is 12.1 Å². The van der Waals surface area contributed by atoms with Crippen LogP contribution >= 0.6 is 11.3 Å². The number of hydrogen-bond acceptors (Lipinski definition) is 5. The van der Waals surface area contributed by atoms with Crippen LogP contribution in [0, 0.1) is 0 Å². The molecular formula is C32H34N2O2S. The summed E-state index contributed by atoms with van der Waals surface area (Å²) in [6.45, 7) is 4.65. The largest absolute Gasteiger partial charge is 0.490 e. The van der Waals surface area contributed by atoms with Gasteiger partial charge in [-0.15, -0.1) is 0 Å². The first kappa shape index (κ1) is 25.4. The number of para-hydroxylation sites is 1. The van der Waals surface area contributed by atoms with E-state index >= 15 is 0 Å². The first-order valence-electron chi connectivity index (χ1n) is 12.9. The van der Waals surface area contributed by atoms with E-state index in [0.29, 0.717) is 6.54 Å². The van der Waals surface area contributed by atoms with Gasteiger partial charge in [-0.05, 0) is 39.6 Å². The molecule has 1 fully saturated rings. The molecule has 5 rings (SSSR count). The average molecular weight is 511 g/mol. The second-order valence-corrected chi connectivity index (χ2v) is 10.2. The minimum absolute atomic E-state index is 0.247. The van der Waals surface area contributed by atoms with Gasteiger partial charge in [0.2, 0.25) is 0 Å². The van der Waals surface area contributed by atoms with E-state index in [1.54, 1.807) is 11.3 Å². The van der Waals surface area contributed by atoms with Crippen LogP contribution in [-0.2, 0) is 0 Å². The van der Waals surface area contributed by atoms with Crippen molar-refractivity contribution in [1.29, 1.82) is 0 Å². The molecule has 1 aromatic heterocycles. The number of rotatable bonds is 10. The third kappa shape index (κ3) is 6.96. The zero-order chi connectivity index (χ0) is 25.3. The van der Waals surface area contributed by atoms with E-state index in [9.17, 15) is 5.11 Å². The molecule has 1 N–H and O–H groups in total. The number of ether oxygens (including phenoxy) is 1. The van der Waals surface area contributed by atoms with Crippen molar-refractivity contribution in [3.05, 3.63) is 124 Å². The van der Waals surface area contributed by atoms with Crippen molar-refractivity contribution in [3.63, 3.8) is 0 Å². The maximum atomic E-state index is 10.8. The molecule has 0 amide bonds. The fraction of sp³-hybridized carbons (Fsp3) is 0.250. The number of piperazine rings is 1. The summed E-state index contributed by atoms with van der Waals surface area (Å²) in [5.41, 5.74) is 4.84. The molecule has 1 aliphatic rings. The minimum Gasteiger partial charge on any atom is -0.490 e. The van der Waals surface area contributed by atoms with Crippen LogP contribution in [-0.4, -0.2) is 60.3 Å². The molecule has 1 aliphatic heterocycles. The van der Waals surface area contributed by atoms with Crippen LogP contribution in [0.3, 0.4) is 0 Å². The van der Waals surface area contributed by atoms with Crippen LogP contribution in [0.25, 0.3) is 12.2 Å². The molecule has 4 aromatic rings. The zero-order valence-corrected chi connectivity index (χ0v) is 21.8. The molecular weight excluding hydrogens is 476 g/mol. The van der Waals surface area contributed by atoms with Gasteiger partial charge in [0.05, 0.1) is 6.04 Å². The highest BCUT2D eigenvalue weighted by Crippen LogP contribution is 2.29. The molecule has 0 spiro atoms. The molecule has 2 heterocycles. The van der Waals surface area contributed by atoms with Gasteiger partial charge in [-0.3, -0.25) is 9.80 Å². The molecule has 0 saturated carbocycles. The highest BCUT2D eigenvalue weighted by molar-refractivity contribution is 7.08. The van der Waals surface area contributed by atoms with E-state index in [1.807, 2.05) is 24.3 Å². The van der Waals surface area contributed by atoms with Gasteiger partial charge in [-0.1, -0.05) is 91.0 Å². The number of aliphatic hydroxyl groups excluding tert-OH is 1. The Kier molecular flexibility index (Phi) is 8.82. The predicted molar refractivity (Wildman–Crippen MR) is 154 cm³/mol. The van der Waals surface area contributed by atoms with Gasteiger partial charge in [-0.25, -0.2) is 0 Å². The van der Waals surface area contributed by atoms with Gasteiger partial charge >= 0.3 is 0 Å². The predicted octanol–water partition coefficient (Wildman–Crippen LogP) is 6.07. The number of hydrogen-bond donors (Lipinski definition) is 1. The Labute approximate surface area is 224 Å². The lowest BCUT2D eigenvalue weighted by molar-refractivity contribution is 0.0400. The lowest BCUT2D eigenvalue weighted by atomic mass is 9.96. The lowest BCUT2D eigenvalue weighted by Crippen LogP contribution is -2.50. The first-order chi connectivity index (χ1) is 18.3. The summed E-state index contributed by atoms with van der Waals surface area (Å²) in [5, 5.41) is 15.0. The maximum Gasteiger partial charge on any atom is 0.126 e. The van der Waals surface area contributed by atoms with Crippen molar-refractivity contribution in [1.82, 2.24) is 9.80 Å². The second-order valence-electron chi connectivity index (χ2n) is 9.45. The Hall–Kier alpha value is -3.22. The molecule has 0 aliphatic carbocycles. The molecule has 4 nitrogen and oxygen atoms in total. The van der Waals surface area contributed by atoms with Crippen molar-refractivity contribution >= 4 is 23.5 Å².